The summed E-state index contributed by atoms with van der Waals surface area (Å²) in [4.78, 5) is 0.149. The van der Waals surface area contributed by atoms with Crippen molar-refractivity contribution >= 4 is 10.1 Å². The molecule has 1 heterocycles. The van der Waals surface area contributed by atoms with Gasteiger partial charge in [-0.3, -0.25) is 4.18 Å². The number of benzene rings is 1. The Morgan fingerprint density at radius 1 is 1.09 bits per heavy atom. The lowest BCUT2D eigenvalue weighted by atomic mass is 10.1. The van der Waals surface area contributed by atoms with E-state index in [9.17, 15) is 8.42 Å². The summed E-state index contributed by atoms with van der Waals surface area (Å²) >= 11 is 0. The maximum absolute atomic E-state index is 12.4. The number of fused-ring (bicyclic) bond motifs is 1. The summed E-state index contributed by atoms with van der Waals surface area (Å²) in [7, 11) is -3.84. The van der Waals surface area contributed by atoms with E-state index in [2.05, 4.69) is 0 Å². The summed E-state index contributed by atoms with van der Waals surface area (Å²) in [6.45, 7) is 5.89. The summed E-state index contributed by atoms with van der Waals surface area (Å²) in [6, 6.07) is 6.60. The summed E-state index contributed by atoms with van der Waals surface area (Å²) in [5.41, 5.74) is 0.993. The van der Waals surface area contributed by atoms with Gasteiger partial charge in [-0.25, -0.2) is 0 Å². The standard InChI is InChI=1S/C17H22O5S/c1-4-17(5-2)20-14-10-11-15(16(14)21-17)22-23(18,19)13-8-6-12(3)7-9-13/h6-11,14-16H,4-5H2,1-3H3. The van der Waals surface area contributed by atoms with Gasteiger partial charge in [0.2, 0.25) is 0 Å². The van der Waals surface area contributed by atoms with Gasteiger partial charge in [-0.15, -0.1) is 0 Å². The smallest absolute Gasteiger partial charge is 0.297 e. The molecule has 126 valence electrons. The molecule has 1 aliphatic heterocycles. The Labute approximate surface area is 137 Å². The Balaban J connectivity index is 1.76. The lowest BCUT2D eigenvalue weighted by Crippen LogP contribution is -2.34. The van der Waals surface area contributed by atoms with Crippen LogP contribution >= 0.6 is 0 Å². The molecule has 1 aliphatic carbocycles. The quantitative estimate of drug-likeness (QED) is 0.610. The van der Waals surface area contributed by atoms with Gasteiger partial charge in [-0.05, 0) is 31.9 Å². The van der Waals surface area contributed by atoms with Gasteiger partial charge in [0, 0.05) is 0 Å². The maximum Gasteiger partial charge on any atom is 0.297 e. The van der Waals surface area contributed by atoms with E-state index in [1.54, 1.807) is 30.3 Å². The van der Waals surface area contributed by atoms with Crippen LogP contribution in [0.25, 0.3) is 0 Å². The van der Waals surface area contributed by atoms with Crippen LogP contribution in [0.15, 0.2) is 41.3 Å². The van der Waals surface area contributed by atoms with E-state index in [4.69, 9.17) is 13.7 Å². The topological polar surface area (TPSA) is 61.8 Å². The van der Waals surface area contributed by atoms with Gasteiger partial charge < -0.3 is 9.47 Å². The highest BCUT2D eigenvalue weighted by Gasteiger charge is 2.50. The van der Waals surface area contributed by atoms with Gasteiger partial charge in [0.25, 0.3) is 10.1 Å². The first-order valence-electron chi connectivity index (χ1n) is 7.93. The number of aryl methyl sites for hydroxylation is 1. The van der Waals surface area contributed by atoms with E-state index >= 15 is 0 Å². The molecular formula is C17H22O5S. The second kappa shape index (κ2) is 6.02. The summed E-state index contributed by atoms with van der Waals surface area (Å²) in [5, 5.41) is 0. The molecule has 23 heavy (non-hydrogen) atoms. The number of hydrogen-bond acceptors (Lipinski definition) is 5. The molecule has 0 radical (unpaired) electrons. The first-order valence-corrected chi connectivity index (χ1v) is 9.34. The third-order valence-corrected chi connectivity index (χ3v) is 5.79. The Bertz CT molecular complexity index is 688. The van der Waals surface area contributed by atoms with Crippen molar-refractivity contribution in [3.05, 3.63) is 42.0 Å². The first-order chi connectivity index (χ1) is 10.9. The second-order valence-corrected chi connectivity index (χ2v) is 7.57. The Morgan fingerprint density at radius 3 is 2.35 bits per heavy atom. The van der Waals surface area contributed by atoms with E-state index in [0.717, 1.165) is 5.56 Å². The highest BCUT2D eigenvalue weighted by Crippen LogP contribution is 2.40. The first kappa shape index (κ1) is 16.6. The molecule has 1 saturated heterocycles. The van der Waals surface area contributed by atoms with Crippen LogP contribution in [0.3, 0.4) is 0 Å². The fourth-order valence-corrected chi connectivity index (χ4v) is 4.01. The summed E-state index contributed by atoms with van der Waals surface area (Å²) in [5.74, 6) is -0.644. The average molecular weight is 338 g/mol. The molecule has 0 spiro atoms. The fourth-order valence-electron chi connectivity index (χ4n) is 2.97. The molecule has 3 atom stereocenters. The molecule has 3 rings (SSSR count). The van der Waals surface area contributed by atoms with Crippen molar-refractivity contribution in [2.45, 2.75) is 62.6 Å². The molecule has 3 unspecified atom stereocenters. The van der Waals surface area contributed by atoms with E-state index in [1.807, 2.05) is 26.8 Å². The van der Waals surface area contributed by atoms with Gasteiger partial charge in [-0.2, -0.15) is 8.42 Å². The zero-order chi connectivity index (χ0) is 16.7. The molecule has 1 aromatic carbocycles. The summed E-state index contributed by atoms with van der Waals surface area (Å²) < 4.78 is 42.2. The third kappa shape index (κ3) is 3.08. The normalized spacial score (nSPS) is 28.9. The maximum atomic E-state index is 12.4. The Morgan fingerprint density at radius 2 is 1.74 bits per heavy atom. The van der Waals surface area contributed by atoms with Crippen LogP contribution < -0.4 is 0 Å². The van der Waals surface area contributed by atoms with E-state index in [-0.39, 0.29) is 11.0 Å². The number of hydrogen-bond donors (Lipinski definition) is 0. The van der Waals surface area contributed by atoms with Gasteiger partial charge in [-0.1, -0.05) is 43.7 Å². The highest BCUT2D eigenvalue weighted by atomic mass is 32.2. The zero-order valence-corrected chi connectivity index (χ0v) is 14.4. The Hall–Kier alpha value is -1.21. The number of rotatable bonds is 5. The van der Waals surface area contributed by atoms with Crippen molar-refractivity contribution < 1.29 is 22.1 Å². The van der Waals surface area contributed by atoms with E-state index in [1.165, 1.54) is 0 Å². The molecule has 5 nitrogen and oxygen atoms in total. The van der Waals surface area contributed by atoms with Crippen LogP contribution in [0.4, 0.5) is 0 Å². The average Bonchev–Trinajstić information content (AvgIpc) is 3.07. The van der Waals surface area contributed by atoms with Crippen molar-refractivity contribution in [2.75, 3.05) is 0 Å². The second-order valence-electron chi connectivity index (χ2n) is 6.00. The molecule has 0 amide bonds. The fraction of sp³-hybridized carbons (Fsp3) is 0.529. The molecule has 6 heteroatoms. The van der Waals surface area contributed by atoms with Gasteiger partial charge in [0.15, 0.2) is 5.79 Å². The van der Waals surface area contributed by atoms with Crippen LogP contribution in [0.5, 0.6) is 0 Å². The zero-order valence-electron chi connectivity index (χ0n) is 13.6. The predicted octanol–water partition coefficient (Wildman–Crippen LogP) is 2.94. The third-order valence-electron chi connectivity index (χ3n) is 4.46. The van der Waals surface area contributed by atoms with E-state index in [0.29, 0.717) is 12.8 Å². The van der Waals surface area contributed by atoms with Crippen LogP contribution in [0.1, 0.15) is 32.3 Å². The van der Waals surface area contributed by atoms with Gasteiger partial charge in [0.1, 0.15) is 18.3 Å². The van der Waals surface area contributed by atoms with Crippen LogP contribution in [-0.4, -0.2) is 32.5 Å². The lowest BCUT2D eigenvalue weighted by Gasteiger charge is -2.26. The molecule has 0 bridgehead atoms. The molecule has 0 aromatic heterocycles. The minimum atomic E-state index is -3.84. The molecule has 0 saturated carbocycles. The van der Waals surface area contributed by atoms with Crippen LogP contribution in [-0.2, 0) is 23.8 Å². The van der Waals surface area contributed by atoms with Crippen molar-refractivity contribution in [1.82, 2.24) is 0 Å². The van der Waals surface area contributed by atoms with Crippen molar-refractivity contribution in [1.29, 1.82) is 0 Å². The lowest BCUT2D eigenvalue weighted by molar-refractivity contribution is -0.182. The minimum absolute atomic E-state index is 0.149. The van der Waals surface area contributed by atoms with Gasteiger partial charge >= 0.3 is 0 Å². The van der Waals surface area contributed by atoms with Crippen molar-refractivity contribution in [2.24, 2.45) is 0 Å². The van der Waals surface area contributed by atoms with Crippen LogP contribution in [0.2, 0.25) is 0 Å². The van der Waals surface area contributed by atoms with Gasteiger partial charge in [0.05, 0.1) is 4.90 Å². The SMILES string of the molecule is CCC1(CC)OC2C=CC(OS(=O)(=O)c3ccc(C)cc3)C2O1. The highest BCUT2D eigenvalue weighted by molar-refractivity contribution is 7.86. The molecule has 1 aromatic rings. The molecule has 1 fully saturated rings. The van der Waals surface area contributed by atoms with Crippen molar-refractivity contribution in [3.8, 4) is 0 Å². The van der Waals surface area contributed by atoms with E-state index < -0.39 is 28.1 Å². The molecule has 2 aliphatic rings. The molecule has 0 N–H and O–H groups in total. The minimum Gasteiger partial charge on any atom is -0.341 e. The largest absolute Gasteiger partial charge is 0.341 e. The monoisotopic (exact) mass is 338 g/mol. The Kier molecular flexibility index (Phi) is 4.35. The van der Waals surface area contributed by atoms with Crippen molar-refractivity contribution in [3.63, 3.8) is 0 Å². The molecular weight excluding hydrogens is 316 g/mol. The van der Waals surface area contributed by atoms with Crippen LogP contribution in [0, 0.1) is 6.92 Å². The number of ether oxygens (including phenoxy) is 2. The summed E-state index contributed by atoms with van der Waals surface area (Å²) in [6.07, 6.45) is 3.61. The predicted molar refractivity (Wildman–Crippen MR) is 85.4 cm³/mol.